The third-order valence-corrected chi connectivity index (χ3v) is 3.87. The van der Waals surface area contributed by atoms with Gasteiger partial charge < -0.3 is 5.32 Å². The number of anilines is 1. The highest BCUT2D eigenvalue weighted by molar-refractivity contribution is 6.03. The molecule has 4 rings (SSSR count). The van der Waals surface area contributed by atoms with Crippen LogP contribution in [0.25, 0.3) is 32.9 Å². The number of benzene rings is 3. The van der Waals surface area contributed by atoms with E-state index in [1.807, 2.05) is 25.2 Å². The lowest BCUT2D eigenvalue weighted by Crippen LogP contribution is -1.99. The van der Waals surface area contributed by atoms with Crippen LogP contribution in [0.5, 0.6) is 0 Å². The SMILES string of the molecule is CNc1nc(-c2cccc3ccccc23)c2ccccc2n1. The zero-order valence-corrected chi connectivity index (χ0v) is 12.2. The molecule has 22 heavy (non-hydrogen) atoms. The molecule has 0 saturated carbocycles. The second-order valence-corrected chi connectivity index (χ2v) is 5.19. The first kappa shape index (κ1) is 12.8. The molecule has 0 radical (unpaired) electrons. The van der Waals surface area contributed by atoms with Crippen LogP contribution in [0.1, 0.15) is 0 Å². The molecule has 0 atom stereocenters. The summed E-state index contributed by atoms with van der Waals surface area (Å²) in [7, 11) is 1.84. The van der Waals surface area contributed by atoms with Crippen LogP contribution in [0.2, 0.25) is 0 Å². The van der Waals surface area contributed by atoms with E-state index in [0.29, 0.717) is 5.95 Å². The molecule has 0 fully saturated rings. The van der Waals surface area contributed by atoms with E-state index in [2.05, 4.69) is 58.8 Å². The van der Waals surface area contributed by atoms with Gasteiger partial charge in [0.2, 0.25) is 5.95 Å². The minimum atomic E-state index is 0.640. The number of para-hydroxylation sites is 1. The Morgan fingerprint density at radius 1 is 0.727 bits per heavy atom. The molecule has 1 N–H and O–H groups in total. The zero-order valence-electron chi connectivity index (χ0n) is 12.2. The number of nitrogens with zero attached hydrogens (tertiary/aromatic N) is 2. The largest absolute Gasteiger partial charge is 0.357 e. The Kier molecular flexibility index (Phi) is 2.97. The smallest absolute Gasteiger partial charge is 0.223 e. The normalized spacial score (nSPS) is 11.0. The van der Waals surface area contributed by atoms with Crippen molar-refractivity contribution in [1.29, 1.82) is 0 Å². The Morgan fingerprint density at radius 2 is 1.45 bits per heavy atom. The maximum absolute atomic E-state index is 4.72. The van der Waals surface area contributed by atoms with E-state index in [1.54, 1.807) is 0 Å². The highest BCUT2D eigenvalue weighted by Gasteiger charge is 2.11. The first-order valence-electron chi connectivity index (χ1n) is 7.29. The first-order valence-corrected chi connectivity index (χ1v) is 7.29. The van der Waals surface area contributed by atoms with Gasteiger partial charge in [-0.15, -0.1) is 0 Å². The number of aromatic nitrogens is 2. The molecule has 0 spiro atoms. The average molecular weight is 285 g/mol. The van der Waals surface area contributed by atoms with Gasteiger partial charge in [-0.3, -0.25) is 0 Å². The van der Waals surface area contributed by atoms with Gasteiger partial charge >= 0.3 is 0 Å². The van der Waals surface area contributed by atoms with E-state index in [1.165, 1.54) is 10.8 Å². The van der Waals surface area contributed by atoms with Crippen LogP contribution in [-0.2, 0) is 0 Å². The van der Waals surface area contributed by atoms with Crippen LogP contribution in [-0.4, -0.2) is 17.0 Å². The minimum absolute atomic E-state index is 0.640. The number of nitrogens with one attached hydrogen (secondary N) is 1. The summed E-state index contributed by atoms with van der Waals surface area (Å²) in [5, 5.41) is 6.54. The summed E-state index contributed by atoms with van der Waals surface area (Å²) in [6.45, 7) is 0. The molecular formula is C19H15N3. The van der Waals surface area contributed by atoms with Gasteiger partial charge in [-0.25, -0.2) is 9.97 Å². The van der Waals surface area contributed by atoms with Crippen molar-refractivity contribution in [2.45, 2.75) is 0 Å². The van der Waals surface area contributed by atoms with Gasteiger partial charge in [0, 0.05) is 18.0 Å². The summed E-state index contributed by atoms with van der Waals surface area (Å²) in [6.07, 6.45) is 0. The molecule has 0 saturated heterocycles. The average Bonchev–Trinajstić information content (AvgIpc) is 2.60. The van der Waals surface area contributed by atoms with E-state index in [-0.39, 0.29) is 0 Å². The summed E-state index contributed by atoms with van der Waals surface area (Å²) in [5.41, 5.74) is 3.05. The third-order valence-electron chi connectivity index (χ3n) is 3.87. The van der Waals surface area contributed by atoms with Gasteiger partial charge in [0.1, 0.15) is 0 Å². The number of rotatable bonds is 2. The van der Waals surface area contributed by atoms with E-state index < -0.39 is 0 Å². The second kappa shape index (κ2) is 5.11. The fourth-order valence-corrected chi connectivity index (χ4v) is 2.83. The standard InChI is InChI=1S/C19H15N3/c1-20-19-21-17-12-5-4-10-16(17)18(22-19)15-11-6-8-13-7-2-3-9-14(13)15/h2-12H,1H3,(H,20,21,22). The van der Waals surface area contributed by atoms with Crippen molar-refractivity contribution in [1.82, 2.24) is 9.97 Å². The third kappa shape index (κ3) is 1.99. The fourth-order valence-electron chi connectivity index (χ4n) is 2.83. The summed E-state index contributed by atoms with van der Waals surface area (Å²) < 4.78 is 0. The highest BCUT2D eigenvalue weighted by atomic mass is 15.1. The lowest BCUT2D eigenvalue weighted by Gasteiger charge is -2.11. The van der Waals surface area contributed by atoms with Crippen molar-refractivity contribution in [3.63, 3.8) is 0 Å². The molecule has 1 aromatic heterocycles. The lowest BCUT2D eigenvalue weighted by atomic mass is 9.99. The lowest BCUT2D eigenvalue weighted by molar-refractivity contribution is 1.20. The maximum atomic E-state index is 4.72. The van der Waals surface area contributed by atoms with Gasteiger partial charge in [-0.05, 0) is 16.8 Å². The Bertz CT molecular complexity index is 971. The summed E-state index contributed by atoms with van der Waals surface area (Å²) in [6, 6.07) is 22.8. The molecule has 3 aromatic carbocycles. The van der Waals surface area contributed by atoms with Crippen LogP contribution < -0.4 is 5.32 Å². The van der Waals surface area contributed by atoms with Crippen molar-refractivity contribution in [2.75, 3.05) is 12.4 Å². The van der Waals surface area contributed by atoms with Gasteiger partial charge in [-0.1, -0.05) is 60.7 Å². The van der Waals surface area contributed by atoms with Gasteiger partial charge in [0.05, 0.1) is 11.2 Å². The summed E-state index contributed by atoms with van der Waals surface area (Å²) >= 11 is 0. The predicted molar refractivity (Wildman–Crippen MR) is 92.0 cm³/mol. The Labute approximate surface area is 128 Å². The fraction of sp³-hybridized carbons (Fsp3) is 0.0526. The van der Waals surface area contributed by atoms with Crippen LogP contribution in [0.4, 0.5) is 5.95 Å². The molecule has 4 aromatic rings. The highest BCUT2D eigenvalue weighted by Crippen LogP contribution is 2.32. The molecule has 0 aliphatic heterocycles. The van der Waals surface area contributed by atoms with Gasteiger partial charge in [0.15, 0.2) is 0 Å². The van der Waals surface area contributed by atoms with E-state index >= 15 is 0 Å². The number of fused-ring (bicyclic) bond motifs is 2. The molecule has 0 amide bonds. The van der Waals surface area contributed by atoms with Gasteiger partial charge in [-0.2, -0.15) is 0 Å². The van der Waals surface area contributed by atoms with Crippen LogP contribution in [0.3, 0.4) is 0 Å². The van der Waals surface area contributed by atoms with Crippen LogP contribution in [0.15, 0.2) is 66.7 Å². The molecule has 3 nitrogen and oxygen atoms in total. The molecule has 0 unspecified atom stereocenters. The molecule has 0 aliphatic rings. The van der Waals surface area contributed by atoms with Crippen LogP contribution in [0, 0.1) is 0 Å². The van der Waals surface area contributed by atoms with Gasteiger partial charge in [0.25, 0.3) is 0 Å². The zero-order chi connectivity index (χ0) is 14.9. The second-order valence-electron chi connectivity index (χ2n) is 5.19. The molecular weight excluding hydrogens is 270 g/mol. The predicted octanol–water partition coefficient (Wildman–Crippen LogP) is 4.49. The van der Waals surface area contributed by atoms with Crippen molar-refractivity contribution >= 4 is 27.6 Å². The number of hydrogen-bond acceptors (Lipinski definition) is 3. The van der Waals surface area contributed by atoms with E-state index in [0.717, 1.165) is 22.2 Å². The van der Waals surface area contributed by atoms with Crippen molar-refractivity contribution < 1.29 is 0 Å². The molecule has 1 heterocycles. The Morgan fingerprint density at radius 3 is 2.32 bits per heavy atom. The number of hydrogen-bond donors (Lipinski definition) is 1. The summed E-state index contributed by atoms with van der Waals surface area (Å²) in [4.78, 5) is 9.26. The van der Waals surface area contributed by atoms with Crippen molar-refractivity contribution in [3.8, 4) is 11.3 Å². The van der Waals surface area contributed by atoms with Crippen molar-refractivity contribution in [2.24, 2.45) is 0 Å². The quantitative estimate of drug-likeness (QED) is 0.589. The molecule has 3 heteroatoms. The molecule has 0 bridgehead atoms. The van der Waals surface area contributed by atoms with E-state index in [9.17, 15) is 0 Å². The monoisotopic (exact) mass is 285 g/mol. The van der Waals surface area contributed by atoms with E-state index in [4.69, 9.17) is 4.98 Å². The first-order chi connectivity index (χ1) is 10.9. The minimum Gasteiger partial charge on any atom is -0.357 e. The molecule has 0 aliphatic carbocycles. The Balaban J connectivity index is 2.12. The Hall–Kier alpha value is -2.94. The maximum Gasteiger partial charge on any atom is 0.223 e. The topological polar surface area (TPSA) is 37.8 Å². The van der Waals surface area contributed by atoms with Crippen molar-refractivity contribution in [3.05, 3.63) is 66.7 Å². The summed E-state index contributed by atoms with van der Waals surface area (Å²) in [5.74, 6) is 0.640. The molecule has 106 valence electrons. The van der Waals surface area contributed by atoms with Crippen LogP contribution >= 0.6 is 0 Å².